The zero-order chi connectivity index (χ0) is 14.3. The van der Waals surface area contributed by atoms with E-state index in [0.717, 1.165) is 4.90 Å². The molecule has 0 N–H and O–H groups in total. The molecule has 0 saturated heterocycles. The maximum absolute atomic E-state index is 12.4. The Morgan fingerprint density at radius 1 is 1.37 bits per heavy atom. The lowest BCUT2D eigenvalue weighted by Crippen LogP contribution is -2.50. The highest BCUT2D eigenvalue weighted by molar-refractivity contribution is 5.95. The van der Waals surface area contributed by atoms with Crippen LogP contribution in [0.2, 0.25) is 0 Å². The third-order valence-electron chi connectivity index (χ3n) is 2.73. The molecule has 104 valence electrons. The van der Waals surface area contributed by atoms with E-state index < -0.39 is 24.1 Å². The van der Waals surface area contributed by atoms with Gasteiger partial charge in [-0.05, 0) is 26.0 Å². The van der Waals surface area contributed by atoms with E-state index in [9.17, 15) is 18.0 Å². The van der Waals surface area contributed by atoms with Gasteiger partial charge in [0.1, 0.15) is 17.8 Å². The molecule has 1 aliphatic heterocycles. The Kier molecular flexibility index (Phi) is 3.20. The summed E-state index contributed by atoms with van der Waals surface area (Å²) < 4.78 is 42.7. The third-order valence-corrected chi connectivity index (χ3v) is 2.73. The van der Waals surface area contributed by atoms with Crippen LogP contribution in [0.3, 0.4) is 0 Å². The first-order valence-corrected chi connectivity index (χ1v) is 5.83. The lowest BCUT2D eigenvalue weighted by molar-refractivity contribution is -0.152. The third kappa shape index (κ3) is 3.19. The smallest absolute Gasteiger partial charge is 0.397 e. The van der Waals surface area contributed by atoms with Gasteiger partial charge in [0.25, 0.3) is 0 Å². The average molecular weight is 273 g/mol. The van der Waals surface area contributed by atoms with Gasteiger partial charge < -0.3 is 9.64 Å². The Hall–Kier alpha value is -1.72. The summed E-state index contributed by atoms with van der Waals surface area (Å²) in [5, 5.41) is 0. The molecule has 1 aliphatic rings. The van der Waals surface area contributed by atoms with E-state index in [1.54, 1.807) is 38.1 Å². The molecular weight excluding hydrogens is 259 g/mol. The van der Waals surface area contributed by atoms with Crippen molar-refractivity contribution in [1.82, 2.24) is 0 Å². The summed E-state index contributed by atoms with van der Waals surface area (Å²) in [6.45, 7) is 3.56. The monoisotopic (exact) mass is 273 g/mol. The second kappa shape index (κ2) is 4.43. The van der Waals surface area contributed by atoms with E-state index in [2.05, 4.69) is 0 Å². The highest BCUT2D eigenvalue weighted by Gasteiger charge is 2.39. The van der Waals surface area contributed by atoms with Crippen LogP contribution in [-0.2, 0) is 4.79 Å². The van der Waals surface area contributed by atoms with Crippen molar-refractivity contribution in [2.24, 2.45) is 0 Å². The zero-order valence-corrected chi connectivity index (χ0v) is 10.6. The molecule has 0 saturated carbocycles. The first-order chi connectivity index (χ1) is 8.68. The summed E-state index contributed by atoms with van der Waals surface area (Å²) in [4.78, 5) is 13.0. The summed E-state index contributed by atoms with van der Waals surface area (Å²) >= 11 is 0. The molecule has 1 aromatic rings. The van der Waals surface area contributed by atoms with Gasteiger partial charge in [0.2, 0.25) is 5.91 Å². The van der Waals surface area contributed by atoms with Gasteiger partial charge in [-0.3, -0.25) is 4.79 Å². The molecule has 19 heavy (non-hydrogen) atoms. The largest absolute Gasteiger partial charge is 0.484 e. The molecule has 6 heteroatoms. The quantitative estimate of drug-likeness (QED) is 0.786. The summed E-state index contributed by atoms with van der Waals surface area (Å²) in [5.41, 5.74) is -0.327. The second-order valence-corrected chi connectivity index (χ2v) is 5.10. The molecule has 0 unspecified atom stereocenters. The Labute approximate surface area is 109 Å². The van der Waals surface area contributed by atoms with Gasteiger partial charge in [0.05, 0.1) is 12.2 Å². The molecule has 0 fully saturated rings. The number of hydrogen-bond donors (Lipinski definition) is 0. The van der Waals surface area contributed by atoms with E-state index >= 15 is 0 Å². The first kappa shape index (κ1) is 13.7. The molecule has 2 rings (SSSR count). The molecule has 0 radical (unpaired) electrons. The maximum atomic E-state index is 12.4. The fourth-order valence-electron chi connectivity index (χ4n) is 2.05. The lowest BCUT2D eigenvalue weighted by Gasteiger charge is -2.39. The highest BCUT2D eigenvalue weighted by atomic mass is 19.4. The minimum atomic E-state index is -4.51. The number of amides is 1. The van der Waals surface area contributed by atoms with Crippen molar-refractivity contribution < 1.29 is 22.7 Å². The van der Waals surface area contributed by atoms with Gasteiger partial charge in [-0.15, -0.1) is 0 Å². The van der Waals surface area contributed by atoms with Gasteiger partial charge in [-0.25, -0.2) is 0 Å². The standard InChI is InChI=1S/C13H14F3NO2/c1-12(2)8-17(11(18)7-13(14,15)16)9-5-3-4-6-10(9)19-12/h3-6H,7-8H2,1-2H3. The van der Waals surface area contributed by atoms with Gasteiger partial charge in [-0.1, -0.05) is 12.1 Å². The summed E-state index contributed by atoms with van der Waals surface area (Å²) in [6, 6.07) is 6.60. The Bertz CT molecular complexity index is 497. The number of rotatable bonds is 1. The number of halogens is 3. The van der Waals surface area contributed by atoms with Crippen LogP contribution in [0.5, 0.6) is 5.75 Å². The van der Waals surface area contributed by atoms with Crippen molar-refractivity contribution in [1.29, 1.82) is 0 Å². The predicted molar refractivity (Wildman–Crippen MR) is 64.2 cm³/mol. The van der Waals surface area contributed by atoms with Gasteiger partial charge in [-0.2, -0.15) is 13.2 Å². The number of hydrogen-bond acceptors (Lipinski definition) is 2. The van der Waals surface area contributed by atoms with Crippen molar-refractivity contribution in [3.8, 4) is 5.75 Å². The van der Waals surface area contributed by atoms with E-state index in [-0.39, 0.29) is 6.54 Å². The van der Waals surface area contributed by atoms with E-state index in [1.165, 1.54) is 0 Å². The average Bonchev–Trinajstić information content (AvgIpc) is 2.24. The van der Waals surface area contributed by atoms with Crippen LogP contribution in [0.4, 0.5) is 18.9 Å². The van der Waals surface area contributed by atoms with Crippen molar-refractivity contribution in [3.05, 3.63) is 24.3 Å². The van der Waals surface area contributed by atoms with Gasteiger partial charge in [0, 0.05) is 0 Å². The van der Waals surface area contributed by atoms with E-state index in [0.29, 0.717) is 11.4 Å². The molecule has 1 heterocycles. The molecule has 0 aliphatic carbocycles. The van der Waals surface area contributed by atoms with Gasteiger partial charge >= 0.3 is 6.18 Å². The topological polar surface area (TPSA) is 29.5 Å². The Balaban J connectivity index is 2.32. The van der Waals surface area contributed by atoms with Crippen LogP contribution < -0.4 is 9.64 Å². The molecule has 0 atom stereocenters. The van der Waals surface area contributed by atoms with Crippen molar-refractivity contribution in [2.45, 2.75) is 32.0 Å². The fourth-order valence-corrected chi connectivity index (χ4v) is 2.05. The van der Waals surface area contributed by atoms with Crippen LogP contribution in [0, 0.1) is 0 Å². The highest BCUT2D eigenvalue weighted by Crippen LogP contribution is 2.37. The number of anilines is 1. The summed E-state index contributed by atoms with van der Waals surface area (Å²) in [5.74, 6) is -0.536. The zero-order valence-electron chi connectivity index (χ0n) is 10.6. The van der Waals surface area contributed by atoms with Crippen molar-refractivity contribution in [2.75, 3.05) is 11.4 Å². The van der Waals surface area contributed by atoms with Crippen LogP contribution in [0.25, 0.3) is 0 Å². The maximum Gasteiger partial charge on any atom is 0.397 e. The summed E-state index contributed by atoms with van der Waals surface area (Å²) in [7, 11) is 0. The molecule has 1 aromatic carbocycles. The fraction of sp³-hybridized carbons (Fsp3) is 0.462. The molecule has 1 amide bonds. The number of para-hydroxylation sites is 2. The lowest BCUT2D eigenvalue weighted by atomic mass is 10.0. The minimum absolute atomic E-state index is 0.0962. The number of ether oxygens (including phenoxy) is 1. The molecule has 0 aromatic heterocycles. The normalized spacial score (nSPS) is 17.6. The molecule has 0 bridgehead atoms. The van der Waals surface area contributed by atoms with E-state index in [4.69, 9.17) is 4.74 Å². The molecule has 0 spiro atoms. The molecular formula is C13H14F3NO2. The number of alkyl halides is 3. The number of nitrogens with zero attached hydrogens (tertiary/aromatic N) is 1. The summed E-state index contributed by atoms with van der Waals surface area (Å²) in [6.07, 6.45) is -5.97. The number of benzene rings is 1. The van der Waals surface area contributed by atoms with Crippen molar-refractivity contribution in [3.63, 3.8) is 0 Å². The Morgan fingerprint density at radius 3 is 2.63 bits per heavy atom. The number of fused-ring (bicyclic) bond motifs is 1. The Morgan fingerprint density at radius 2 is 2.00 bits per heavy atom. The van der Waals surface area contributed by atoms with Crippen molar-refractivity contribution >= 4 is 11.6 Å². The van der Waals surface area contributed by atoms with Gasteiger partial charge in [0.15, 0.2) is 0 Å². The van der Waals surface area contributed by atoms with Crippen LogP contribution in [0.15, 0.2) is 24.3 Å². The van der Waals surface area contributed by atoms with E-state index in [1.807, 2.05) is 0 Å². The number of carbonyl (C=O) groups is 1. The predicted octanol–water partition coefficient (Wildman–Crippen LogP) is 3.14. The van der Waals surface area contributed by atoms with Crippen LogP contribution in [-0.4, -0.2) is 24.2 Å². The SMILES string of the molecule is CC1(C)CN(C(=O)CC(F)(F)F)c2ccccc2O1. The van der Waals surface area contributed by atoms with Crippen LogP contribution in [0.1, 0.15) is 20.3 Å². The molecule has 3 nitrogen and oxygen atoms in total. The van der Waals surface area contributed by atoms with Crippen LogP contribution >= 0.6 is 0 Å². The number of carbonyl (C=O) groups excluding carboxylic acids is 1. The first-order valence-electron chi connectivity index (χ1n) is 5.83. The minimum Gasteiger partial charge on any atom is -0.484 e. The second-order valence-electron chi connectivity index (χ2n) is 5.10.